The number of hydrogen-bond acceptors (Lipinski definition) is 1. The van der Waals surface area contributed by atoms with Crippen molar-refractivity contribution in [1.29, 1.82) is 0 Å². The van der Waals surface area contributed by atoms with E-state index in [2.05, 4.69) is 22.5 Å². The van der Waals surface area contributed by atoms with Crippen LogP contribution in [-0.4, -0.2) is 13.0 Å². The van der Waals surface area contributed by atoms with E-state index in [9.17, 15) is 4.79 Å². The second kappa shape index (κ2) is 7.41. The van der Waals surface area contributed by atoms with E-state index >= 15 is 0 Å². The fraction of sp³-hybridized carbons (Fsp3) is 0.211. The highest BCUT2D eigenvalue weighted by Gasteiger charge is 2.25. The lowest BCUT2D eigenvalue weighted by molar-refractivity contribution is -0.119. The Morgan fingerprint density at radius 2 is 1.86 bits per heavy atom. The predicted octanol–water partition coefficient (Wildman–Crippen LogP) is 5.08. The third-order valence-electron chi connectivity index (χ3n) is 3.81. The molecule has 1 atom stereocenters. The van der Waals surface area contributed by atoms with Crippen molar-refractivity contribution in [3.63, 3.8) is 0 Å². The molecule has 0 aromatic heterocycles. The summed E-state index contributed by atoms with van der Waals surface area (Å²) in [6, 6.07) is 15.8. The van der Waals surface area contributed by atoms with Crippen LogP contribution in [-0.2, 0) is 4.79 Å². The first-order chi connectivity index (χ1) is 10.6. The van der Waals surface area contributed by atoms with Gasteiger partial charge in [-0.15, -0.1) is 6.58 Å². The number of halogens is 1. The molecular formula is C19H20BrNO. The number of para-hydroxylation sites is 1. The predicted molar refractivity (Wildman–Crippen MR) is 96.3 cm³/mol. The molecule has 2 aromatic carbocycles. The molecular weight excluding hydrogens is 338 g/mol. The molecule has 114 valence electrons. The Hall–Kier alpha value is -1.87. The van der Waals surface area contributed by atoms with Gasteiger partial charge in [-0.3, -0.25) is 4.79 Å². The maximum Gasteiger partial charge on any atom is 0.234 e. The van der Waals surface area contributed by atoms with Gasteiger partial charge in [-0.1, -0.05) is 42.5 Å². The fourth-order valence-electron chi connectivity index (χ4n) is 2.58. The normalized spacial score (nSPS) is 11.8. The standard InChI is InChI=1S/C19H20BrNO/c1-4-9-16(15-11-6-5-10-14(15)2)19(22)21(3)18-13-8-7-12-17(18)20/h4-8,10-13,16H,1,9H2,2-3H3. The molecule has 3 heteroatoms. The number of carbonyl (C=O) groups is 1. The number of anilines is 1. The second-order valence-corrected chi connectivity index (χ2v) is 6.14. The minimum atomic E-state index is -0.212. The van der Waals surface area contributed by atoms with E-state index < -0.39 is 0 Å². The van der Waals surface area contributed by atoms with Crippen LogP contribution in [0.5, 0.6) is 0 Å². The molecule has 22 heavy (non-hydrogen) atoms. The maximum absolute atomic E-state index is 13.0. The first kappa shape index (κ1) is 16.5. The van der Waals surface area contributed by atoms with Crippen LogP contribution in [0.3, 0.4) is 0 Å². The van der Waals surface area contributed by atoms with E-state index in [4.69, 9.17) is 0 Å². The van der Waals surface area contributed by atoms with E-state index in [1.165, 1.54) is 0 Å². The lowest BCUT2D eigenvalue weighted by atomic mass is 9.90. The average molecular weight is 358 g/mol. The highest BCUT2D eigenvalue weighted by Crippen LogP contribution is 2.30. The molecule has 0 spiro atoms. The smallest absolute Gasteiger partial charge is 0.234 e. The summed E-state index contributed by atoms with van der Waals surface area (Å²) in [5, 5.41) is 0. The van der Waals surface area contributed by atoms with E-state index in [-0.39, 0.29) is 11.8 Å². The molecule has 0 fully saturated rings. The van der Waals surface area contributed by atoms with Gasteiger partial charge < -0.3 is 4.90 Å². The zero-order valence-corrected chi connectivity index (χ0v) is 14.5. The number of carbonyl (C=O) groups excluding carboxylic acids is 1. The van der Waals surface area contributed by atoms with Crippen LogP contribution in [0.1, 0.15) is 23.5 Å². The minimum Gasteiger partial charge on any atom is -0.314 e. The van der Waals surface area contributed by atoms with Gasteiger partial charge in [0, 0.05) is 11.5 Å². The van der Waals surface area contributed by atoms with Gasteiger partial charge in [0.1, 0.15) is 0 Å². The molecule has 0 aliphatic heterocycles. The molecule has 0 saturated heterocycles. The third-order valence-corrected chi connectivity index (χ3v) is 4.48. The zero-order valence-electron chi connectivity index (χ0n) is 12.9. The largest absolute Gasteiger partial charge is 0.314 e. The quantitative estimate of drug-likeness (QED) is 0.683. The van der Waals surface area contributed by atoms with Gasteiger partial charge >= 0.3 is 0 Å². The Labute approximate surface area is 140 Å². The summed E-state index contributed by atoms with van der Waals surface area (Å²) in [4.78, 5) is 14.7. The van der Waals surface area contributed by atoms with Crippen LogP contribution in [0.25, 0.3) is 0 Å². The third kappa shape index (κ3) is 3.47. The van der Waals surface area contributed by atoms with Gasteiger partial charge in [-0.2, -0.15) is 0 Å². The van der Waals surface area contributed by atoms with Gasteiger partial charge in [0.25, 0.3) is 0 Å². The molecule has 1 amide bonds. The van der Waals surface area contributed by atoms with Crippen molar-refractivity contribution >= 4 is 27.5 Å². The Morgan fingerprint density at radius 3 is 2.50 bits per heavy atom. The van der Waals surface area contributed by atoms with Crippen LogP contribution in [0.15, 0.2) is 65.7 Å². The summed E-state index contributed by atoms with van der Waals surface area (Å²) in [5.74, 6) is -0.142. The van der Waals surface area contributed by atoms with E-state index in [0.717, 1.165) is 21.3 Å². The topological polar surface area (TPSA) is 20.3 Å². The van der Waals surface area contributed by atoms with Crippen LogP contribution in [0.4, 0.5) is 5.69 Å². The van der Waals surface area contributed by atoms with Gasteiger partial charge in [0.2, 0.25) is 5.91 Å². The Kier molecular flexibility index (Phi) is 5.56. The molecule has 0 N–H and O–H groups in total. The number of benzene rings is 2. The number of likely N-dealkylation sites (N-methyl/N-ethyl adjacent to an activating group) is 1. The average Bonchev–Trinajstić information content (AvgIpc) is 2.53. The van der Waals surface area contributed by atoms with Crippen molar-refractivity contribution in [1.82, 2.24) is 0 Å². The SMILES string of the molecule is C=CCC(C(=O)N(C)c1ccccc1Br)c1ccccc1C. The van der Waals surface area contributed by atoms with Crippen molar-refractivity contribution in [2.24, 2.45) is 0 Å². The molecule has 1 unspecified atom stereocenters. The van der Waals surface area contributed by atoms with Crippen LogP contribution in [0, 0.1) is 6.92 Å². The van der Waals surface area contributed by atoms with Gasteiger partial charge in [0.15, 0.2) is 0 Å². The molecule has 0 bridgehead atoms. The molecule has 2 aromatic rings. The molecule has 2 rings (SSSR count). The summed E-state index contributed by atoms with van der Waals surface area (Å²) in [6.45, 7) is 5.85. The second-order valence-electron chi connectivity index (χ2n) is 5.28. The van der Waals surface area contributed by atoms with Gasteiger partial charge in [0.05, 0.1) is 11.6 Å². The van der Waals surface area contributed by atoms with Gasteiger partial charge in [-0.05, 0) is 52.5 Å². The van der Waals surface area contributed by atoms with Crippen LogP contribution < -0.4 is 4.90 Å². The van der Waals surface area contributed by atoms with E-state index in [0.29, 0.717) is 6.42 Å². The minimum absolute atomic E-state index is 0.0705. The summed E-state index contributed by atoms with van der Waals surface area (Å²) < 4.78 is 0.910. The number of allylic oxidation sites excluding steroid dienone is 1. The summed E-state index contributed by atoms with van der Waals surface area (Å²) in [7, 11) is 1.82. The Balaban J connectivity index is 2.37. The highest BCUT2D eigenvalue weighted by atomic mass is 79.9. The zero-order chi connectivity index (χ0) is 16.1. The summed E-state index contributed by atoms with van der Waals surface area (Å²) >= 11 is 3.51. The lowest BCUT2D eigenvalue weighted by Crippen LogP contribution is -2.32. The van der Waals surface area contributed by atoms with Crippen molar-refractivity contribution < 1.29 is 4.79 Å². The number of amides is 1. The number of hydrogen-bond donors (Lipinski definition) is 0. The molecule has 0 radical (unpaired) electrons. The number of rotatable bonds is 5. The molecule has 0 aliphatic rings. The van der Waals surface area contributed by atoms with Crippen LogP contribution >= 0.6 is 15.9 Å². The van der Waals surface area contributed by atoms with Crippen molar-refractivity contribution in [3.8, 4) is 0 Å². The number of nitrogens with zero attached hydrogens (tertiary/aromatic N) is 1. The molecule has 0 aliphatic carbocycles. The highest BCUT2D eigenvalue weighted by molar-refractivity contribution is 9.10. The number of aryl methyl sites for hydroxylation is 1. The summed E-state index contributed by atoms with van der Waals surface area (Å²) in [6.07, 6.45) is 2.43. The molecule has 0 saturated carbocycles. The van der Waals surface area contributed by atoms with Crippen molar-refractivity contribution in [2.45, 2.75) is 19.3 Å². The van der Waals surface area contributed by atoms with Crippen LogP contribution in [0.2, 0.25) is 0 Å². The Bertz CT molecular complexity index is 681. The van der Waals surface area contributed by atoms with Gasteiger partial charge in [-0.25, -0.2) is 0 Å². The lowest BCUT2D eigenvalue weighted by Gasteiger charge is -2.25. The van der Waals surface area contributed by atoms with Crippen molar-refractivity contribution in [2.75, 3.05) is 11.9 Å². The van der Waals surface area contributed by atoms with Crippen molar-refractivity contribution in [3.05, 3.63) is 76.8 Å². The van der Waals surface area contributed by atoms with E-state index in [1.807, 2.05) is 68.6 Å². The van der Waals surface area contributed by atoms with E-state index in [1.54, 1.807) is 4.90 Å². The summed E-state index contributed by atoms with van der Waals surface area (Å²) in [5.41, 5.74) is 3.06. The Morgan fingerprint density at radius 1 is 1.23 bits per heavy atom. The monoisotopic (exact) mass is 357 g/mol. The first-order valence-corrected chi connectivity index (χ1v) is 8.04. The molecule has 2 nitrogen and oxygen atoms in total. The first-order valence-electron chi connectivity index (χ1n) is 7.24. The molecule has 0 heterocycles. The fourth-order valence-corrected chi connectivity index (χ4v) is 3.13. The maximum atomic E-state index is 13.0.